The highest BCUT2D eigenvalue weighted by atomic mass is 16.2. The molecule has 2 N–H and O–H groups in total. The van der Waals surface area contributed by atoms with Crippen molar-refractivity contribution in [3.63, 3.8) is 0 Å². The molecule has 24 heavy (non-hydrogen) atoms. The average molecular weight is 331 g/mol. The lowest BCUT2D eigenvalue weighted by Crippen LogP contribution is -2.38. The lowest BCUT2D eigenvalue weighted by molar-refractivity contribution is -0.131. The van der Waals surface area contributed by atoms with Crippen LogP contribution in [0.15, 0.2) is 4.79 Å². The quantitative estimate of drug-likeness (QED) is 0.861. The Morgan fingerprint density at radius 3 is 2.83 bits per heavy atom. The van der Waals surface area contributed by atoms with Crippen LogP contribution < -0.4 is 10.9 Å². The minimum absolute atomic E-state index is 0.126. The Kier molecular flexibility index (Phi) is 4.45. The van der Waals surface area contributed by atoms with Crippen molar-refractivity contribution >= 4 is 16.9 Å². The number of hydrogen-bond acceptors (Lipinski definition) is 4. The van der Waals surface area contributed by atoms with Gasteiger partial charge in [-0.05, 0) is 44.4 Å². The molecule has 1 saturated heterocycles. The molecular weight excluding hydrogens is 306 g/mol. The van der Waals surface area contributed by atoms with Crippen molar-refractivity contribution in [3.8, 4) is 0 Å². The van der Waals surface area contributed by atoms with Crippen LogP contribution in [0.4, 0.5) is 0 Å². The molecule has 0 unspecified atom stereocenters. The molecule has 0 aromatic carbocycles. The van der Waals surface area contributed by atoms with Crippen LogP contribution in [0.25, 0.3) is 11.0 Å². The summed E-state index contributed by atoms with van der Waals surface area (Å²) in [5.74, 6) is 0.143. The molecule has 0 aliphatic carbocycles. The van der Waals surface area contributed by atoms with E-state index in [0.717, 1.165) is 36.3 Å². The monoisotopic (exact) mass is 331 g/mol. The molecule has 2 aromatic heterocycles. The second kappa shape index (κ2) is 6.39. The van der Waals surface area contributed by atoms with Crippen LogP contribution in [0.2, 0.25) is 0 Å². The Bertz CT molecular complexity index is 830. The number of carbonyl (C=O) groups excluding carboxylic acids is 1. The van der Waals surface area contributed by atoms with E-state index in [9.17, 15) is 9.59 Å². The Morgan fingerprint density at radius 2 is 2.17 bits per heavy atom. The van der Waals surface area contributed by atoms with Crippen molar-refractivity contribution in [1.82, 2.24) is 25.0 Å². The van der Waals surface area contributed by atoms with E-state index in [0.29, 0.717) is 23.9 Å². The smallest absolute Gasteiger partial charge is 0.273 e. The third kappa shape index (κ3) is 2.84. The van der Waals surface area contributed by atoms with E-state index >= 15 is 0 Å². The molecule has 2 aromatic rings. The number of nitrogens with one attached hydrogen (secondary N) is 2. The van der Waals surface area contributed by atoms with Gasteiger partial charge < -0.3 is 10.2 Å². The Balaban J connectivity index is 1.81. The van der Waals surface area contributed by atoms with Crippen molar-refractivity contribution < 1.29 is 4.79 Å². The van der Waals surface area contributed by atoms with Crippen LogP contribution in [-0.4, -0.2) is 51.8 Å². The van der Waals surface area contributed by atoms with Gasteiger partial charge in [0.1, 0.15) is 0 Å². The number of fused-ring (bicyclic) bond motifs is 1. The first-order chi connectivity index (χ1) is 11.4. The van der Waals surface area contributed by atoms with Gasteiger partial charge in [0.2, 0.25) is 5.91 Å². The zero-order valence-corrected chi connectivity index (χ0v) is 14.8. The maximum absolute atomic E-state index is 12.5. The normalized spacial score (nSPS) is 17.6. The Morgan fingerprint density at radius 1 is 1.42 bits per heavy atom. The minimum Gasteiger partial charge on any atom is -0.341 e. The first-order valence-electron chi connectivity index (χ1n) is 8.41. The van der Waals surface area contributed by atoms with Crippen molar-refractivity contribution in [3.05, 3.63) is 27.2 Å². The Labute approximate surface area is 141 Å². The van der Waals surface area contributed by atoms with E-state index in [1.807, 2.05) is 25.8 Å². The van der Waals surface area contributed by atoms with Crippen LogP contribution in [-0.2, 0) is 18.3 Å². The van der Waals surface area contributed by atoms with Crippen molar-refractivity contribution in [2.75, 3.05) is 20.1 Å². The fourth-order valence-electron chi connectivity index (χ4n) is 3.60. The van der Waals surface area contributed by atoms with Crippen molar-refractivity contribution in [1.29, 1.82) is 0 Å². The first kappa shape index (κ1) is 16.7. The lowest BCUT2D eigenvalue weighted by Gasteiger charge is -2.24. The average Bonchev–Trinajstić information content (AvgIpc) is 3.15. The molecule has 7 heteroatoms. The number of aromatic nitrogens is 3. The number of rotatable bonds is 4. The number of pyridine rings is 1. The first-order valence-corrected chi connectivity index (χ1v) is 8.41. The summed E-state index contributed by atoms with van der Waals surface area (Å²) in [6, 6.07) is 0.289. The fourth-order valence-corrected chi connectivity index (χ4v) is 3.60. The third-order valence-corrected chi connectivity index (χ3v) is 5.14. The van der Waals surface area contributed by atoms with Gasteiger partial charge in [0.25, 0.3) is 5.56 Å². The van der Waals surface area contributed by atoms with Gasteiger partial charge in [0, 0.05) is 38.8 Å². The molecule has 3 heterocycles. The van der Waals surface area contributed by atoms with Gasteiger partial charge >= 0.3 is 0 Å². The van der Waals surface area contributed by atoms with E-state index in [1.54, 1.807) is 11.7 Å². The van der Waals surface area contributed by atoms with Gasteiger partial charge in [-0.1, -0.05) is 0 Å². The van der Waals surface area contributed by atoms with Gasteiger partial charge in [-0.15, -0.1) is 0 Å². The summed E-state index contributed by atoms with van der Waals surface area (Å²) < 4.78 is 1.65. The van der Waals surface area contributed by atoms with Crippen LogP contribution in [0.1, 0.15) is 29.7 Å². The molecule has 1 atom stereocenters. The molecule has 7 nitrogen and oxygen atoms in total. The molecule has 1 fully saturated rings. The zero-order valence-electron chi connectivity index (χ0n) is 14.8. The van der Waals surface area contributed by atoms with Gasteiger partial charge in [0.05, 0.1) is 5.39 Å². The number of aryl methyl sites for hydroxylation is 3. The fraction of sp³-hybridized carbons (Fsp3) is 0.588. The lowest BCUT2D eigenvalue weighted by atomic mass is 10.00. The molecule has 3 rings (SSSR count). The number of aromatic amines is 1. The molecule has 0 spiro atoms. The molecular formula is C17H25N5O2. The van der Waals surface area contributed by atoms with E-state index in [-0.39, 0.29) is 17.5 Å². The summed E-state index contributed by atoms with van der Waals surface area (Å²) in [7, 11) is 3.66. The summed E-state index contributed by atoms with van der Waals surface area (Å²) >= 11 is 0. The molecule has 1 amide bonds. The molecule has 0 saturated carbocycles. The van der Waals surface area contributed by atoms with Crippen LogP contribution >= 0.6 is 0 Å². The highest BCUT2D eigenvalue weighted by Gasteiger charge is 2.23. The predicted molar refractivity (Wildman–Crippen MR) is 93.2 cm³/mol. The van der Waals surface area contributed by atoms with Gasteiger partial charge in [-0.3, -0.25) is 19.4 Å². The summed E-state index contributed by atoms with van der Waals surface area (Å²) in [4.78, 5) is 31.0. The predicted octanol–water partition coefficient (Wildman–Crippen LogP) is 0.631. The van der Waals surface area contributed by atoms with Gasteiger partial charge in [-0.25, -0.2) is 4.98 Å². The van der Waals surface area contributed by atoms with E-state index < -0.39 is 0 Å². The van der Waals surface area contributed by atoms with Crippen molar-refractivity contribution in [2.45, 2.75) is 39.2 Å². The van der Waals surface area contributed by atoms with E-state index in [4.69, 9.17) is 0 Å². The van der Waals surface area contributed by atoms with Gasteiger partial charge in [0.15, 0.2) is 5.65 Å². The summed E-state index contributed by atoms with van der Waals surface area (Å²) in [6.45, 7) is 5.72. The number of hydrogen-bond donors (Lipinski definition) is 2. The number of amides is 1. The topological polar surface area (TPSA) is 83.0 Å². The molecule has 1 aliphatic heterocycles. The Hall–Kier alpha value is -2.15. The molecule has 0 bridgehead atoms. The largest absolute Gasteiger partial charge is 0.341 e. The van der Waals surface area contributed by atoms with Crippen LogP contribution in [0.3, 0.4) is 0 Å². The number of likely N-dealkylation sites (N-methyl/N-ethyl adjacent to an activating group) is 1. The summed E-state index contributed by atoms with van der Waals surface area (Å²) in [5.41, 5.74) is 3.36. The third-order valence-electron chi connectivity index (χ3n) is 5.14. The van der Waals surface area contributed by atoms with Crippen LogP contribution in [0.5, 0.6) is 0 Å². The SMILES string of the molecule is Cc1nc2c(c(C)c1CCC(=O)N(C)[C@H]1CCNC1)c(=O)[nH]n2C. The highest BCUT2D eigenvalue weighted by Crippen LogP contribution is 2.21. The second-order valence-corrected chi connectivity index (χ2v) is 6.65. The summed E-state index contributed by atoms with van der Waals surface area (Å²) in [5, 5.41) is 6.66. The standard InChI is InChI=1S/C17H25N5O2/c1-10-13(5-6-14(23)21(3)12-7-8-18-9-12)11(2)19-16-15(10)17(24)20-22(16)4/h12,18H,5-9H2,1-4H3,(H,20,24)/t12-/m0/s1. The zero-order chi connectivity index (χ0) is 17.4. The van der Waals surface area contributed by atoms with E-state index in [2.05, 4.69) is 15.4 Å². The molecule has 130 valence electrons. The molecule has 0 radical (unpaired) electrons. The van der Waals surface area contributed by atoms with E-state index in [1.165, 1.54) is 0 Å². The second-order valence-electron chi connectivity index (χ2n) is 6.65. The summed E-state index contributed by atoms with van der Waals surface area (Å²) in [6.07, 6.45) is 2.05. The molecule has 1 aliphatic rings. The van der Waals surface area contributed by atoms with Crippen molar-refractivity contribution in [2.24, 2.45) is 7.05 Å². The highest BCUT2D eigenvalue weighted by molar-refractivity contribution is 5.81. The van der Waals surface area contributed by atoms with Gasteiger partial charge in [-0.2, -0.15) is 0 Å². The minimum atomic E-state index is -0.126. The number of carbonyl (C=O) groups is 1. The maximum Gasteiger partial charge on any atom is 0.273 e. The maximum atomic E-state index is 12.5. The number of H-pyrrole nitrogens is 1. The number of nitrogens with zero attached hydrogens (tertiary/aromatic N) is 3. The van der Waals surface area contributed by atoms with Crippen LogP contribution in [0, 0.1) is 13.8 Å².